The highest BCUT2D eigenvalue weighted by atomic mass is 16.6. The van der Waals surface area contributed by atoms with E-state index in [2.05, 4.69) is 42.1 Å². The second-order valence-corrected chi connectivity index (χ2v) is 6.79. The van der Waals surface area contributed by atoms with Crippen LogP contribution in [0, 0.1) is 5.92 Å². The van der Waals surface area contributed by atoms with Crippen LogP contribution in [-0.2, 0) is 22.7 Å². The van der Waals surface area contributed by atoms with Crippen LogP contribution in [-0.4, -0.2) is 48.7 Å². The largest absolute Gasteiger partial charge is 0.382 e. The van der Waals surface area contributed by atoms with Crippen molar-refractivity contribution in [1.82, 2.24) is 9.80 Å². The molecule has 1 atom stereocenters. The van der Waals surface area contributed by atoms with Crippen molar-refractivity contribution >= 4 is 11.6 Å². The van der Waals surface area contributed by atoms with Gasteiger partial charge in [-0.25, -0.2) is 0 Å². The van der Waals surface area contributed by atoms with Gasteiger partial charge in [-0.2, -0.15) is 0 Å². The molecule has 5 nitrogen and oxygen atoms in total. The topological polar surface area (TPSA) is 45.1 Å². The van der Waals surface area contributed by atoms with Crippen molar-refractivity contribution in [3.05, 3.63) is 35.4 Å². The normalized spacial score (nSPS) is 17.3. The summed E-state index contributed by atoms with van der Waals surface area (Å²) in [5, 5.41) is 4.04. The van der Waals surface area contributed by atoms with Gasteiger partial charge < -0.3 is 14.6 Å². The first-order valence-electron chi connectivity index (χ1n) is 8.07. The second kappa shape index (κ2) is 7.59. The number of rotatable bonds is 6. The molecule has 0 spiro atoms. The minimum Gasteiger partial charge on any atom is -0.382 e. The van der Waals surface area contributed by atoms with Gasteiger partial charge in [0.2, 0.25) is 6.10 Å². The first-order chi connectivity index (χ1) is 10.9. The number of nitrogens with zero attached hydrogens (tertiary/aromatic N) is 3. The predicted octanol–water partition coefficient (Wildman–Crippen LogP) is 2.51. The molecule has 0 aromatic heterocycles. The van der Waals surface area contributed by atoms with Crippen molar-refractivity contribution in [2.45, 2.75) is 39.5 Å². The fourth-order valence-corrected chi connectivity index (χ4v) is 2.66. The van der Waals surface area contributed by atoms with Gasteiger partial charge >= 0.3 is 0 Å². The van der Waals surface area contributed by atoms with Crippen molar-refractivity contribution in [3.63, 3.8) is 0 Å². The highest BCUT2D eigenvalue weighted by Gasteiger charge is 2.31. The number of likely N-dealkylation sites (N-methyl/N-ethyl adjacent to an activating group) is 1. The van der Waals surface area contributed by atoms with E-state index >= 15 is 0 Å². The van der Waals surface area contributed by atoms with E-state index in [0.29, 0.717) is 18.9 Å². The molecule has 1 amide bonds. The third-order valence-corrected chi connectivity index (χ3v) is 3.92. The lowest BCUT2D eigenvalue weighted by atomic mass is 10.0. The molecule has 5 heteroatoms. The minimum atomic E-state index is -0.470. The lowest BCUT2D eigenvalue weighted by molar-refractivity contribution is -0.141. The summed E-state index contributed by atoms with van der Waals surface area (Å²) in [6.07, 6.45) is 0.129. The zero-order valence-electron chi connectivity index (χ0n) is 14.7. The van der Waals surface area contributed by atoms with Crippen LogP contribution in [0.1, 0.15) is 31.4 Å². The molecule has 0 bridgehead atoms. The van der Waals surface area contributed by atoms with Crippen LogP contribution in [0.15, 0.2) is 29.4 Å². The first-order valence-corrected chi connectivity index (χ1v) is 8.07. The summed E-state index contributed by atoms with van der Waals surface area (Å²) in [6, 6.07) is 8.34. The fourth-order valence-electron chi connectivity index (χ4n) is 2.66. The van der Waals surface area contributed by atoms with E-state index in [9.17, 15) is 4.79 Å². The van der Waals surface area contributed by atoms with Gasteiger partial charge in [-0.1, -0.05) is 43.3 Å². The Bertz CT molecular complexity index is 581. The summed E-state index contributed by atoms with van der Waals surface area (Å²) in [5.74, 6) is 0.309. The Morgan fingerprint density at radius 1 is 1.26 bits per heavy atom. The Morgan fingerprint density at radius 2 is 1.91 bits per heavy atom. The number of carbonyl (C=O) groups is 1. The molecule has 1 aliphatic rings. The van der Waals surface area contributed by atoms with Crippen LogP contribution in [0.5, 0.6) is 0 Å². The van der Waals surface area contributed by atoms with E-state index in [0.717, 1.165) is 17.8 Å². The van der Waals surface area contributed by atoms with Gasteiger partial charge in [0.25, 0.3) is 5.91 Å². The van der Waals surface area contributed by atoms with Gasteiger partial charge in [-0.3, -0.25) is 4.79 Å². The van der Waals surface area contributed by atoms with Crippen molar-refractivity contribution in [3.8, 4) is 0 Å². The summed E-state index contributed by atoms with van der Waals surface area (Å²) in [5.41, 5.74) is 3.34. The van der Waals surface area contributed by atoms with Crippen LogP contribution >= 0.6 is 0 Å². The molecule has 126 valence electrons. The van der Waals surface area contributed by atoms with Crippen molar-refractivity contribution in [1.29, 1.82) is 0 Å². The van der Waals surface area contributed by atoms with E-state index in [1.54, 1.807) is 4.90 Å². The number of oxime groups is 1. The molecular formula is C18H27N3O2. The smallest absolute Gasteiger partial charge is 0.266 e. The standard InChI is InChI=1S/C18H27N3O2/c1-13(2)16-10-17(23-19-16)18(22)21(5)12-15-8-6-7-14(9-15)11-20(3)4/h6-9,13,17H,10-12H2,1-5H3/t17-/m1/s1. The van der Waals surface area contributed by atoms with E-state index in [-0.39, 0.29) is 5.91 Å². The number of hydrogen-bond donors (Lipinski definition) is 0. The zero-order chi connectivity index (χ0) is 17.0. The maximum absolute atomic E-state index is 12.5. The van der Waals surface area contributed by atoms with Crippen LogP contribution < -0.4 is 0 Å². The van der Waals surface area contributed by atoms with Crippen molar-refractivity contribution in [2.24, 2.45) is 11.1 Å². The monoisotopic (exact) mass is 317 g/mol. The number of hydrogen-bond acceptors (Lipinski definition) is 4. The van der Waals surface area contributed by atoms with Gasteiger partial charge in [0.05, 0.1) is 5.71 Å². The summed E-state index contributed by atoms with van der Waals surface area (Å²) in [4.78, 5) is 21.7. The van der Waals surface area contributed by atoms with Gasteiger partial charge in [-0.15, -0.1) is 0 Å². The van der Waals surface area contributed by atoms with Crippen LogP contribution in [0.3, 0.4) is 0 Å². The van der Waals surface area contributed by atoms with Gasteiger partial charge in [0.15, 0.2) is 0 Å². The lowest BCUT2D eigenvalue weighted by Crippen LogP contribution is -2.36. The zero-order valence-corrected chi connectivity index (χ0v) is 14.7. The molecule has 1 aromatic rings. The molecule has 1 aliphatic heterocycles. The summed E-state index contributed by atoms with van der Waals surface area (Å²) in [6.45, 7) is 5.60. The predicted molar refractivity (Wildman–Crippen MR) is 92.1 cm³/mol. The molecule has 0 unspecified atom stereocenters. The maximum Gasteiger partial charge on any atom is 0.266 e. The SMILES string of the molecule is CC(C)C1=NO[C@@H](C(=O)N(C)Cc2cccc(CN(C)C)c2)C1. The Hall–Kier alpha value is -1.88. The Morgan fingerprint density at radius 3 is 2.48 bits per heavy atom. The average Bonchev–Trinajstić information content (AvgIpc) is 2.96. The number of benzene rings is 1. The highest BCUT2D eigenvalue weighted by molar-refractivity contribution is 5.93. The van der Waals surface area contributed by atoms with Gasteiger partial charge in [0.1, 0.15) is 0 Å². The molecule has 0 saturated carbocycles. The molecule has 1 aromatic carbocycles. The van der Waals surface area contributed by atoms with E-state index in [1.807, 2.05) is 27.2 Å². The molecule has 23 heavy (non-hydrogen) atoms. The van der Waals surface area contributed by atoms with Crippen molar-refractivity contribution in [2.75, 3.05) is 21.1 Å². The maximum atomic E-state index is 12.5. The molecule has 0 saturated heterocycles. The molecule has 0 fully saturated rings. The van der Waals surface area contributed by atoms with Crippen LogP contribution in [0.4, 0.5) is 0 Å². The Balaban J connectivity index is 1.94. The van der Waals surface area contributed by atoms with E-state index in [1.165, 1.54) is 5.56 Å². The third kappa shape index (κ3) is 4.79. The van der Waals surface area contributed by atoms with E-state index < -0.39 is 6.10 Å². The molecule has 0 radical (unpaired) electrons. The molecule has 1 heterocycles. The summed E-state index contributed by atoms with van der Waals surface area (Å²) >= 11 is 0. The lowest BCUT2D eigenvalue weighted by Gasteiger charge is -2.20. The Labute approximate surface area is 138 Å². The molecule has 0 aliphatic carbocycles. The van der Waals surface area contributed by atoms with Gasteiger partial charge in [-0.05, 0) is 31.1 Å². The Kier molecular flexibility index (Phi) is 5.77. The first kappa shape index (κ1) is 17.5. The molecular weight excluding hydrogens is 290 g/mol. The quantitative estimate of drug-likeness (QED) is 0.810. The van der Waals surface area contributed by atoms with Crippen molar-refractivity contribution < 1.29 is 9.63 Å². The molecule has 0 N–H and O–H groups in total. The average molecular weight is 317 g/mol. The fraction of sp³-hybridized carbons (Fsp3) is 0.556. The third-order valence-electron chi connectivity index (χ3n) is 3.92. The summed E-state index contributed by atoms with van der Waals surface area (Å²) in [7, 11) is 5.91. The number of amides is 1. The van der Waals surface area contributed by atoms with Crippen LogP contribution in [0.25, 0.3) is 0 Å². The van der Waals surface area contributed by atoms with Crippen LogP contribution in [0.2, 0.25) is 0 Å². The second-order valence-electron chi connectivity index (χ2n) is 6.79. The highest BCUT2D eigenvalue weighted by Crippen LogP contribution is 2.18. The molecule has 2 rings (SSSR count). The van der Waals surface area contributed by atoms with Gasteiger partial charge in [0, 0.05) is 26.6 Å². The minimum absolute atomic E-state index is 0.0117. The summed E-state index contributed by atoms with van der Waals surface area (Å²) < 4.78 is 0. The number of carbonyl (C=O) groups excluding carboxylic acids is 1. The van der Waals surface area contributed by atoms with E-state index in [4.69, 9.17) is 4.84 Å².